The minimum atomic E-state index is -4.37. The number of ketones is 1. The summed E-state index contributed by atoms with van der Waals surface area (Å²) in [5.41, 5.74) is 0.848. The number of nitrogens with one attached hydrogen (secondary N) is 1. The van der Waals surface area contributed by atoms with Gasteiger partial charge in [-0.15, -0.1) is 12.4 Å². The number of nitrogens with zero attached hydrogens (tertiary/aromatic N) is 2. The number of benzene rings is 2. The molecule has 9 heteroatoms. The Bertz CT molecular complexity index is 1130. The SMILES string of the molecule is CCC(=O)C([C@@H]1CNC[C@@H]1c1ccccc1)N1CCC2(CCN(Cc3ccc(C(F)(F)F)cc3)C2=O)CC1.Cl. The normalized spacial score (nSPS) is 24.1. The molecule has 2 aromatic rings. The fourth-order valence-corrected chi connectivity index (χ4v) is 6.78. The molecular formula is C30H37ClF3N3O2. The molecule has 3 aliphatic rings. The van der Waals surface area contributed by atoms with E-state index in [0.29, 0.717) is 51.0 Å². The van der Waals surface area contributed by atoms with Gasteiger partial charge in [-0.25, -0.2) is 0 Å². The van der Waals surface area contributed by atoms with E-state index in [-0.39, 0.29) is 42.0 Å². The van der Waals surface area contributed by atoms with Crippen LogP contribution in [0, 0.1) is 11.3 Å². The Morgan fingerprint density at radius 3 is 2.26 bits per heavy atom. The zero-order chi connectivity index (χ0) is 26.9. The molecule has 5 nitrogen and oxygen atoms in total. The van der Waals surface area contributed by atoms with Crippen LogP contribution in [0.5, 0.6) is 0 Å². The molecule has 0 radical (unpaired) electrons. The lowest BCUT2D eigenvalue weighted by Gasteiger charge is -2.43. The third-order valence-corrected chi connectivity index (χ3v) is 8.98. The quantitative estimate of drug-likeness (QED) is 0.497. The van der Waals surface area contributed by atoms with Crippen molar-refractivity contribution in [2.75, 3.05) is 32.7 Å². The number of carbonyl (C=O) groups excluding carboxylic acids is 2. The molecule has 0 bridgehead atoms. The van der Waals surface area contributed by atoms with Crippen LogP contribution in [0.1, 0.15) is 55.2 Å². The fourth-order valence-electron chi connectivity index (χ4n) is 6.78. The number of likely N-dealkylation sites (tertiary alicyclic amines) is 2. The fraction of sp³-hybridized carbons (Fsp3) is 0.533. The summed E-state index contributed by atoms with van der Waals surface area (Å²) < 4.78 is 38.7. The van der Waals surface area contributed by atoms with E-state index >= 15 is 0 Å². The lowest BCUT2D eigenvalue weighted by Crippen LogP contribution is -2.54. The molecule has 212 valence electrons. The monoisotopic (exact) mass is 563 g/mol. The molecular weight excluding hydrogens is 527 g/mol. The van der Waals surface area contributed by atoms with E-state index in [1.165, 1.54) is 17.7 Å². The molecule has 3 aliphatic heterocycles. The second-order valence-electron chi connectivity index (χ2n) is 11.1. The van der Waals surface area contributed by atoms with Gasteiger partial charge in [0.15, 0.2) is 0 Å². The highest BCUT2D eigenvalue weighted by Crippen LogP contribution is 2.44. The second kappa shape index (κ2) is 12.0. The van der Waals surface area contributed by atoms with Crippen LogP contribution >= 0.6 is 12.4 Å². The summed E-state index contributed by atoms with van der Waals surface area (Å²) in [6.45, 7) is 5.93. The van der Waals surface area contributed by atoms with Crippen molar-refractivity contribution in [2.45, 2.75) is 57.3 Å². The van der Waals surface area contributed by atoms with E-state index in [4.69, 9.17) is 0 Å². The molecule has 1 spiro atoms. The molecule has 1 unspecified atom stereocenters. The maximum Gasteiger partial charge on any atom is 0.416 e. The maximum atomic E-state index is 13.5. The van der Waals surface area contributed by atoms with Gasteiger partial charge in [0.2, 0.25) is 5.91 Å². The number of halogens is 4. The lowest BCUT2D eigenvalue weighted by molar-refractivity contribution is -0.140. The van der Waals surface area contributed by atoms with Gasteiger partial charge in [-0.05, 0) is 55.6 Å². The van der Waals surface area contributed by atoms with Crippen LogP contribution in [0.25, 0.3) is 0 Å². The second-order valence-corrected chi connectivity index (χ2v) is 11.1. The molecule has 3 saturated heterocycles. The van der Waals surface area contributed by atoms with Crippen molar-refractivity contribution >= 4 is 24.1 Å². The predicted molar refractivity (Wildman–Crippen MR) is 147 cm³/mol. The van der Waals surface area contributed by atoms with Crippen molar-refractivity contribution in [1.29, 1.82) is 0 Å². The van der Waals surface area contributed by atoms with Crippen LogP contribution in [0.4, 0.5) is 13.2 Å². The van der Waals surface area contributed by atoms with Gasteiger partial charge in [-0.1, -0.05) is 49.4 Å². The largest absolute Gasteiger partial charge is 0.416 e. The molecule has 3 heterocycles. The Labute approximate surface area is 234 Å². The van der Waals surface area contributed by atoms with Crippen LogP contribution in [0.3, 0.4) is 0 Å². The smallest absolute Gasteiger partial charge is 0.338 e. The molecule has 0 saturated carbocycles. The van der Waals surface area contributed by atoms with E-state index in [1.54, 1.807) is 4.90 Å². The van der Waals surface area contributed by atoms with Gasteiger partial charge < -0.3 is 10.2 Å². The molecule has 0 aliphatic carbocycles. The molecule has 39 heavy (non-hydrogen) atoms. The standard InChI is InChI=1S/C30H36F3N3O2.ClH/c1-2-26(37)27(25-19-34-18-24(25)22-6-4-3-5-7-22)35-15-12-29(13-16-35)14-17-36(28(29)38)20-21-8-10-23(11-9-21)30(31,32)33;/h3-11,24-25,27,34H,2,12-20H2,1H3;1H/t24-,25-,27?;/m1./s1. The first-order chi connectivity index (χ1) is 18.2. The van der Waals surface area contributed by atoms with Crippen molar-refractivity contribution in [3.63, 3.8) is 0 Å². The molecule has 1 amide bonds. The van der Waals surface area contributed by atoms with Gasteiger partial charge in [0.25, 0.3) is 0 Å². The van der Waals surface area contributed by atoms with Gasteiger partial charge in [0.05, 0.1) is 17.0 Å². The highest BCUT2D eigenvalue weighted by Gasteiger charge is 2.50. The lowest BCUT2D eigenvalue weighted by atomic mass is 9.75. The summed E-state index contributed by atoms with van der Waals surface area (Å²) in [6.07, 6.45) is -1.71. The van der Waals surface area contributed by atoms with E-state index in [9.17, 15) is 22.8 Å². The number of rotatable bonds is 7. The summed E-state index contributed by atoms with van der Waals surface area (Å²) in [6, 6.07) is 15.3. The van der Waals surface area contributed by atoms with Crippen LogP contribution in [0.2, 0.25) is 0 Å². The van der Waals surface area contributed by atoms with Crippen molar-refractivity contribution in [1.82, 2.24) is 15.1 Å². The topological polar surface area (TPSA) is 52.7 Å². The number of hydrogen-bond donors (Lipinski definition) is 1. The van der Waals surface area contributed by atoms with Crippen molar-refractivity contribution < 1.29 is 22.8 Å². The third kappa shape index (κ3) is 6.03. The van der Waals surface area contributed by atoms with E-state index < -0.39 is 17.2 Å². The van der Waals surface area contributed by atoms with E-state index in [0.717, 1.165) is 31.6 Å². The Kier molecular flexibility index (Phi) is 9.08. The number of alkyl halides is 3. The summed E-state index contributed by atoms with van der Waals surface area (Å²) in [4.78, 5) is 30.9. The number of hydrogen-bond acceptors (Lipinski definition) is 4. The van der Waals surface area contributed by atoms with Crippen molar-refractivity contribution in [3.05, 3.63) is 71.3 Å². The van der Waals surface area contributed by atoms with Gasteiger partial charge in [0, 0.05) is 44.4 Å². The molecule has 2 aromatic carbocycles. The van der Waals surface area contributed by atoms with Gasteiger partial charge >= 0.3 is 6.18 Å². The molecule has 3 fully saturated rings. The third-order valence-electron chi connectivity index (χ3n) is 8.98. The molecule has 1 N–H and O–H groups in total. The Balaban J connectivity index is 0.00000353. The van der Waals surface area contributed by atoms with Crippen molar-refractivity contribution in [3.8, 4) is 0 Å². The number of amides is 1. The van der Waals surface area contributed by atoms with E-state index in [2.05, 4.69) is 22.3 Å². The summed E-state index contributed by atoms with van der Waals surface area (Å²) in [5, 5.41) is 3.51. The van der Waals surface area contributed by atoms with Gasteiger partial charge in [-0.3, -0.25) is 14.5 Å². The van der Waals surface area contributed by atoms with E-state index in [1.807, 2.05) is 25.1 Å². The van der Waals surface area contributed by atoms with Crippen LogP contribution in [-0.2, 0) is 22.3 Å². The summed E-state index contributed by atoms with van der Waals surface area (Å²) in [5.74, 6) is 0.826. The number of carbonyl (C=O) groups is 2. The van der Waals surface area contributed by atoms with Crippen LogP contribution in [-0.4, -0.2) is 60.3 Å². The Morgan fingerprint density at radius 2 is 1.64 bits per heavy atom. The minimum Gasteiger partial charge on any atom is -0.338 e. The molecule has 5 rings (SSSR count). The summed E-state index contributed by atoms with van der Waals surface area (Å²) in [7, 11) is 0. The first kappa shape index (κ1) is 29.6. The number of piperidine rings is 1. The van der Waals surface area contributed by atoms with Gasteiger partial charge in [-0.2, -0.15) is 13.2 Å². The highest BCUT2D eigenvalue weighted by atomic mass is 35.5. The van der Waals surface area contributed by atoms with Gasteiger partial charge in [0.1, 0.15) is 5.78 Å². The highest BCUT2D eigenvalue weighted by molar-refractivity contribution is 5.86. The Hall–Kier alpha value is -2.42. The number of Topliss-reactive ketones (excluding diaryl/α,β-unsaturated/α-hetero) is 1. The zero-order valence-electron chi connectivity index (χ0n) is 22.3. The maximum absolute atomic E-state index is 13.5. The zero-order valence-corrected chi connectivity index (χ0v) is 23.1. The average Bonchev–Trinajstić information content (AvgIpc) is 3.51. The Morgan fingerprint density at radius 1 is 1.00 bits per heavy atom. The first-order valence-electron chi connectivity index (χ1n) is 13.7. The van der Waals surface area contributed by atoms with Crippen LogP contribution < -0.4 is 5.32 Å². The average molecular weight is 564 g/mol. The minimum absolute atomic E-state index is 0. The first-order valence-corrected chi connectivity index (χ1v) is 13.7. The molecule has 0 aromatic heterocycles. The predicted octanol–water partition coefficient (Wildman–Crippen LogP) is 5.29. The van der Waals surface area contributed by atoms with Crippen molar-refractivity contribution in [2.24, 2.45) is 11.3 Å². The van der Waals surface area contributed by atoms with Crippen LogP contribution in [0.15, 0.2) is 54.6 Å². The molecule has 3 atom stereocenters. The summed E-state index contributed by atoms with van der Waals surface area (Å²) >= 11 is 0.